The van der Waals surface area contributed by atoms with Crippen LogP contribution in [0.2, 0.25) is 0 Å². The van der Waals surface area contributed by atoms with Crippen LogP contribution in [0.1, 0.15) is 30.4 Å². The molecule has 2 aromatic rings. The van der Waals surface area contributed by atoms with Crippen molar-refractivity contribution in [1.82, 2.24) is 0 Å². The van der Waals surface area contributed by atoms with Crippen LogP contribution in [0.3, 0.4) is 0 Å². The molecule has 0 spiro atoms. The molecule has 36 heavy (non-hydrogen) atoms. The zero-order chi connectivity index (χ0) is 26.4. The molecule has 0 aliphatic carbocycles. The molecule has 0 saturated carbocycles. The maximum Gasteiger partial charge on any atom is 0.186 e. The predicted molar refractivity (Wildman–Crippen MR) is 124 cm³/mol. The molecule has 1 fully saturated rings. The van der Waals surface area contributed by atoms with Crippen molar-refractivity contribution in [3.63, 3.8) is 0 Å². The SMILES string of the molecule is O=C(CCc1ccc(O)c(O)c1)CC(CCc1ccc(O)c(O)c1)OC1OC(CO)C(O)C(O)C1O. The number of rotatable bonds is 11. The number of phenols is 4. The average molecular weight is 509 g/mol. The lowest BCUT2D eigenvalue weighted by Gasteiger charge is -2.40. The molecule has 0 radical (unpaired) electrons. The van der Waals surface area contributed by atoms with Crippen LogP contribution in [0.15, 0.2) is 36.4 Å². The summed E-state index contributed by atoms with van der Waals surface area (Å²) in [6, 6.07) is 8.57. The highest BCUT2D eigenvalue weighted by Gasteiger charge is 2.44. The van der Waals surface area contributed by atoms with Gasteiger partial charge in [0.05, 0.1) is 12.7 Å². The third-order valence-electron chi connectivity index (χ3n) is 6.16. The van der Waals surface area contributed by atoms with Gasteiger partial charge in [0.2, 0.25) is 0 Å². The highest BCUT2D eigenvalue weighted by atomic mass is 16.7. The van der Waals surface area contributed by atoms with E-state index in [1.54, 1.807) is 12.1 Å². The zero-order valence-electron chi connectivity index (χ0n) is 19.5. The number of Topliss-reactive ketones (excluding diaryl/α,β-unsaturated/α-hetero) is 1. The quantitative estimate of drug-likeness (QED) is 0.193. The Balaban J connectivity index is 1.68. The fourth-order valence-electron chi connectivity index (χ4n) is 4.00. The van der Waals surface area contributed by atoms with E-state index < -0.39 is 43.4 Å². The summed E-state index contributed by atoms with van der Waals surface area (Å²) in [7, 11) is 0. The second-order valence-corrected chi connectivity index (χ2v) is 8.88. The monoisotopic (exact) mass is 508 g/mol. The number of hydrogen-bond donors (Lipinski definition) is 8. The van der Waals surface area contributed by atoms with E-state index in [2.05, 4.69) is 0 Å². The predicted octanol–water partition coefficient (Wildman–Crippen LogP) is 0.219. The Hall–Kier alpha value is -2.93. The van der Waals surface area contributed by atoms with E-state index >= 15 is 0 Å². The molecule has 1 heterocycles. The largest absolute Gasteiger partial charge is 0.504 e. The summed E-state index contributed by atoms with van der Waals surface area (Å²) in [6.45, 7) is -0.624. The number of aliphatic hydroxyl groups excluding tert-OH is 4. The summed E-state index contributed by atoms with van der Waals surface area (Å²) in [6.07, 6.45) is -7.32. The van der Waals surface area contributed by atoms with Crippen molar-refractivity contribution >= 4 is 5.78 Å². The molecule has 8 N–H and O–H groups in total. The van der Waals surface area contributed by atoms with Crippen molar-refractivity contribution in [2.45, 2.75) is 68.9 Å². The van der Waals surface area contributed by atoms with E-state index in [1.807, 2.05) is 0 Å². The molecule has 3 rings (SSSR count). The third kappa shape index (κ3) is 7.06. The molecule has 1 aliphatic rings. The summed E-state index contributed by atoms with van der Waals surface area (Å²) < 4.78 is 11.2. The van der Waals surface area contributed by atoms with Gasteiger partial charge in [0, 0.05) is 12.8 Å². The second-order valence-electron chi connectivity index (χ2n) is 8.88. The van der Waals surface area contributed by atoms with Gasteiger partial charge in [-0.05, 0) is 54.7 Å². The van der Waals surface area contributed by atoms with Gasteiger partial charge in [-0.25, -0.2) is 0 Å². The lowest BCUT2D eigenvalue weighted by atomic mass is 9.98. The maximum atomic E-state index is 12.8. The van der Waals surface area contributed by atoms with Crippen LogP contribution >= 0.6 is 0 Å². The van der Waals surface area contributed by atoms with Crippen LogP contribution in [-0.4, -0.2) is 90.1 Å². The smallest absolute Gasteiger partial charge is 0.186 e. The van der Waals surface area contributed by atoms with Crippen molar-refractivity contribution in [3.8, 4) is 23.0 Å². The molecule has 0 bridgehead atoms. The summed E-state index contributed by atoms with van der Waals surface area (Å²) in [5.74, 6) is -1.33. The maximum absolute atomic E-state index is 12.8. The van der Waals surface area contributed by atoms with E-state index in [-0.39, 0.29) is 48.0 Å². The normalized spacial score (nSPS) is 24.9. The number of hydrogen-bond acceptors (Lipinski definition) is 11. The lowest BCUT2D eigenvalue weighted by molar-refractivity contribution is -0.311. The number of aromatic hydroxyl groups is 4. The van der Waals surface area contributed by atoms with Crippen molar-refractivity contribution in [2.24, 2.45) is 0 Å². The van der Waals surface area contributed by atoms with Crippen LogP contribution in [0.25, 0.3) is 0 Å². The van der Waals surface area contributed by atoms with Crippen LogP contribution in [0.5, 0.6) is 23.0 Å². The number of phenolic OH excluding ortho intramolecular Hbond substituents is 4. The molecule has 11 nitrogen and oxygen atoms in total. The number of benzene rings is 2. The van der Waals surface area contributed by atoms with E-state index in [9.17, 15) is 45.6 Å². The van der Waals surface area contributed by atoms with Gasteiger partial charge in [0.15, 0.2) is 29.3 Å². The molecule has 1 saturated heterocycles. The Bertz CT molecular complexity index is 1030. The molecular formula is C25H32O11. The number of ketones is 1. The molecule has 198 valence electrons. The molecule has 2 aromatic carbocycles. The van der Waals surface area contributed by atoms with Gasteiger partial charge >= 0.3 is 0 Å². The minimum Gasteiger partial charge on any atom is -0.504 e. The van der Waals surface area contributed by atoms with Gasteiger partial charge in [-0.2, -0.15) is 0 Å². The highest BCUT2D eigenvalue weighted by Crippen LogP contribution is 2.29. The lowest BCUT2D eigenvalue weighted by Crippen LogP contribution is -2.59. The fourth-order valence-corrected chi connectivity index (χ4v) is 4.00. The topological polar surface area (TPSA) is 197 Å². The third-order valence-corrected chi connectivity index (χ3v) is 6.16. The molecule has 6 atom stereocenters. The van der Waals surface area contributed by atoms with Gasteiger partial charge in [-0.1, -0.05) is 12.1 Å². The van der Waals surface area contributed by atoms with Crippen molar-refractivity contribution in [1.29, 1.82) is 0 Å². The number of aryl methyl sites for hydroxylation is 2. The summed E-state index contributed by atoms with van der Waals surface area (Å²) >= 11 is 0. The number of carbonyl (C=O) groups excluding carboxylic acids is 1. The van der Waals surface area contributed by atoms with E-state index in [0.717, 1.165) is 0 Å². The second kappa shape index (κ2) is 12.3. The zero-order valence-corrected chi connectivity index (χ0v) is 19.5. The number of aliphatic hydroxyl groups is 4. The molecular weight excluding hydrogens is 476 g/mol. The van der Waals surface area contributed by atoms with E-state index in [1.165, 1.54) is 24.3 Å². The van der Waals surface area contributed by atoms with Gasteiger partial charge in [0.25, 0.3) is 0 Å². The molecule has 11 heteroatoms. The number of ether oxygens (including phenoxy) is 2. The average Bonchev–Trinajstić information content (AvgIpc) is 2.85. The Kier molecular flexibility index (Phi) is 9.49. The summed E-state index contributed by atoms with van der Waals surface area (Å²) in [5, 5.41) is 78.1. The Morgan fingerprint density at radius 3 is 1.97 bits per heavy atom. The van der Waals surface area contributed by atoms with Gasteiger partial charge < -0.3 is 50.3 Å². The van der Waals surface area contributed by atoms with Crippen molar-refractivity contribution < 1.29 is 55.1 Å². The number of carbonyl (C=O) groups is 1. The first kappa shape index (κ1) is 27.7. The van der Waals surface area contributed by atoms with E-state index in [0.29, 0.717) is 24.0 Å². The van der Waals surface area contributed by atoms with Crippen LogP contribution in [-0.2, 0) is 27.1 Å². The Labute approximate surface area is 207 Å². The van der Waals surface area contributed by atoms with E-state index in [4.69, 9.17) is 9.47 Å². The van der Waals surface area contributed by atoms with Crippen LogP contribution in [0.4, 0.5) is 0 Å². The van der Waals surface area contributed by atoms with Gasteiger partial charge in [0.1, 0.15) is 30.2 Å². The summed E-state index contributed by atoms with van der Waals surface area (Å²) in [5.41, 5.74) is 1.30. The minimum atomic E-state index is -1.63. The van der Waals surface area contributed by atoms with Crippen molar-refractivity contribution in [2.75, 3.05) is 6.61 Å². The summed E-state index contributed by atoms with van der Waals surface area (Å²) in [4.78, 5) is 12.8. The molecule has 1 aliphatic heterocycles. The fraction of sp³-hybridized carbons (Fsp3) is 0.480. The molecule has 6 unspecified atom stereocenters. The minimum absolute atomic E-state index is 0.0941. The molecule has 0 amide bonds. The van der Waals surface area contributed by atoms with Crippen LogP contribution < -0.4 is 0 Å². The first-order valence-electron chi connectivity index (χ1n) is 11.6. The highest BCUT2D eigenvalue weighted by molar-refractivity contribution is 5.79. The first-order valence-corrected chi connectivity index (χ1v) is 11.6. The standard InChI is InChI=1S/C25H32O11/c26-12-21-22(32)23(33)24(34)25(36-21)35-16(6-2-14-4-8-18(29)20(31)10-14)11-15(27)5-1-13-3-7-17(28)19(30)9-13/h3-4,7-10,16,21-26,28-34H,1-2,5-6,11-12H2. The Morgan fingerprint density at radius 1 is 0.833 bits per heavy atom. The van der Waals surface area contributed by atoms with Gasteiger partial charge in [-0.3, -0.25) is 4.79 Å². The first-order chi connectivity index (χ1) is 17.1. The Morgan fingerprint density at radius 2 is 1.42 bits per heavy atom. The van der Waals surface area contributed by atoms with Gasteiger partial charge in [-0.15, -0.1) is 0 Å². The molecule has 0 aromatic heterocycles. The van der Waals surface area contributed by atoms with Crippen LogP contribution in [0, 0.1) is 0 Å². The van der Waals surface area contributed by atoms with Crippen molar-refractivity contribution in [3.05, 3.63) is 47.5 Å².